The summed E-state index contributed by atoms with van der Waals surface area (Å²) in [6.45, 7) is -2.26. The molecule has 0 fully saturated rings. The molecule has 1 rings (SSSR count). The molecule has 112 valence electrons. The Bertz CT molecular complexity index is 399. The lowest BCUT2D eigenvalue weighted by molar-refractivity contribution is -0.0498. The van der Waals surface area contributed by atoms with Crippen LogP contribution in [0.4, 0.5) is 8.78 Å². The van der Waals surface area contributed by atoms with E-state index in [0.717, 1.165) is 25.7 Å². The van der Waals surface area contributed by atoms with Crippen LogP contribution in [0.1, 0.15) is 36.0 Å². The minimum Gasteiger partial charge on any atom is -0.435 e. The zero-order valence-corrected chi connectivity index (χ0v) is 11.8. The lowest BCUT2D eigenvalue weighted by Gasteiger charge is -2.07. The first-order valence-corrected chi connectivity index (χ1v) is 7.06. The van der Waals surface area contributed by atoms with Gasteiger partial charge in [0.05, 0.1) is 0 Å². The Morgan fingerprint density at radius 2 is 1.80 bits per heavy atom. The molecule has 1 aromatic rings. The zero-order chi connectivity index (χ0) is 14.8. The molecule has 0 unspecified atom stereocenters. The third-order valence-corrected chi connectivity index (χ3v) is 2.95. The van der Waals surface area contributed by atoms with E-state index < -0.39 is 6.61 Å². The van der Waals surface area contributed by atoms with Gasteiger partial charge in [-0.3, -0.25) is 4.79 Å². The number of unbranched alkanes of at least 4 members (excludes halogenated alkanes) is 3. The topological polar surface area (TPSA) is 38.3 Å². The Labute approximate surface area is 122 Å². The molecule has 0 radical (unpaired) electrons. The minimum atomic E-state index is -2.86. The van der Waals surface area contributed by atoms with Gasteiger partial charge < -0.3 is 10.1 Å². The van der Waals surface area contributed by atoms with E-state index in [1.54, 1.807) is 0 Å². The third kappa shape index (κ3) is 6.70. The molecule has 0 aromatic heterocycles. The van der Waals surface area contributed by atoms with E-state index in [-0.39, 0.29) is 11.7 Å². The predicted molar refractivity (Wildman–Crippen MR) is 74.6 cm³/mol. The van der Waals surface area contributed by atoms with Crippen LogP contribution in [0.3, 0.4) is 0 Å². The molecule has 3 nitrogen and oxygen atoms in total. The molecule has 6 heteroatoms. The second-order valence-corrected chi connectivity index (χ2v) is 4.64. The number of nitrogens with one attached hydrogen (secondary N) is 1. The average molecular weight is 306 g/mol. The molecule has 1 aromatic carbocycles. The molecule has 0 bridgehead atoms. The first kappa shape index (κ1) is 16.7. The monoisotopic (exact) mass is 305 g/mol. The number of halogens is 3. The first-order valence-electron chi connectivity index (χ1n) is 6.52. The van der Waals surface area contributed by atoms with Crippen LogP contribution in [0.2, 0.25) is 0 Å². The van der Waals surface area contributed by atoms with E-state index in [2.05, 4.69) is 10.1 Å². The zero-order valence-electron chi connectivity index (χ0n) is 11.1. The van der Waals surface area contributed by atoms with E-state index in [4.69, 9.17) is 11.6 Å². The summed E-state index contributed by atoms with van der Waals surface area (Å²) >= 11 is 5.56. The molecule has 0 aliphatic rings. The summed E-state index contributed by atoms with van der Waals surface area (Å²) in [4.78, 5) is 11.7. The fourth-order valence-electron chi connectivity index (χ4n) is 1.66. The summed E-state index contributed by atoms with van der Waals surface area (Å²) in [6.07, 6.45) is 3.96. The van der Waals surface area contributed by atoms with Crippen molar-refractivity contribution in [1.82, 2.24) is 5.32 Å². The lowest BCUT2D eigenvalue weighted by atomic mass is 10.2. The maximum absolute atomic E-state index is 12.0. The van der Waals surface area contributed by atoms with Gasteiger partial charge in [-0.2, -0.15) is 8.78 Å². The van der Waals surface area contributed by atoms with Gasteiger partial charge in [0.1, 0.15) is 5.75 Å². The van der Waals surface area contributed by atoms with E-state index in [1.165, 1.54) is 24.3 Å². The van der Waals surface area contributed by atoms with Gasteiger partial charge in [-0.05, 0) is 37.1 Å². The number of hydrogen-bond acceptors (Lipinski definition) is 2. The van der Waals surface area contributed by atoms with Crippen LogP contribution in [0.15, 0.2) is 24.3 Å². The normalized spacial score (nSPS) is 10.6. The molecule has 1 N–H and O–H groups in total. The van der Waals surface area contributed by atoms with Crippen molar-refractivity contribution >= 4 is 17.5 Å². The summed E-state index contributed by atoms with van der Waals surface area (Å²) in [7, 11) is 0. The molecule has 0 spiro atoms. The molecule has 0 saturated carbocycles. The molecule has 20 heavy (non-hydrogen) atoms. The number of carbonyl (C=O) groups excluding carboxylic acids is 1. The van der Waals surface area contributed by atoms with Gasteiger partial charge in [0.15, 0.2) is 0 Å². The van der Waals surface area contributed by atoms with Crippen molar-refractivity contribution in [2.24, 2.45) is 0 Å². The van der Waals surface area contributed by atoms with E-state index in [0.29, 0.717) is 18.0 Å². The van der Waals surface area contributed by atoms with Crippen LogP contribution in [-0.2, 0) is 0 Å². The van der Waals surface area contributed by atoms with Crippen molar-refractivity contribution in [3.8, 4) is 5.75 Å². The highest BCUT2D eigenvalue weighted by Gasteiger charge is 2.07. The second-order valence-electron chi connectivity index (χ2n) is 4.26. The Balaban J connectivity index is 2.29. The summed E-state index contributed by atoms with van der Waals surface area (Å²) in [5, 5.41) is 2.78. The van der Waals surface area contributed by atoms with Crippen LogP contribution in [-0.4, -0.2) is 24.9 Å². The van der Waals surface area contributed by atoms with Crippen LogP contribution in [0.25, 0.3) is 0 Å². The maximum atomic E-state index is 12.0. The van der Waals surface area contributed by atoms with Gasteiger partial charge in [-0.1, -0.05) is 12.8 Å². The highest BCUT2D eigenvalue weighted by atomic mass is 35.5. The van der Waals surface area contributed by atoms with Crippen molar-refractivity contribution in [3.63, 3.8) is 0 Å². The van der Waals surface area contributed by atoms with Crippen molar-refractivity contribution < 1.29 is 18.3 Å². The van der Waals surface area contributed by atoms with Crippen molar-refractivity contribution in [2.75, 3.05) is 12.4 Å². The highest BCUT2D eigenvalue weighted by molar-refractivity contribution is 6.17. The summed E-state index contributed by atoms with van der Waals surface area (Å²) in [5.41, 5.74) is 0.423. The van der Waals surface area contributed by atoms with Gasteiger partial charge >= 0.3 is 6.61 Å². The summed E-state index contributed by atoms with van der Waals surface area (Å²) in [6, 6.07) is 5.62. The minimum absolute atomic E-state index is 0.0395. The van der Waals surface area contributed by atoms with Gasteiger partial charge in [0.25, 0.3) is 5.91 Å². The average Bonchev–Trinajstić information content (AvgIpc) is 2.42. The molecule has 0 saturated heterocycles. The Morgan fingerprint density at radius 3 is 2.40 bits per heavy atom. The van der Waals surface area contributed by atoms with Gasteiger partial charge in [-0.25, -0.2) is 0 Å². The Morgan fingerprint density at radius 1 is 1.15 bits per heavy atom. The molecular weight excluding hydrogens is 288 g/mol. The van der Waals surface area contributed by atoms with E-state index in [9.17, 15) is 13.6 Å². The number of carbonyl (C=O) groups is 1. The number of rotatable bonds is 9. The third-order valence-electron chi connectivity index (χ3n) is 2.69. The Hall–Kier alpha value is -1.36. The van der Waals surface area contributed by atoms with Gasteiger partial charge in [0.2, 0.25) is 0 Å². The SMILES string of the molecule is O=C(NCCCCCCCl)c1ccc(OC(F)F)cc1. The number of ether oxygens (including phenoxy) is 1. The first-order chi connectivity index (χ1) is 9.63. The Kier molecular flexibility index (Phi) is 7.95. The van der Waals surface area contributed by atoms with Crippen LogP contribution >= 0.6 is 11.6 Å². The standard InChI is InChI=1S/C14H18ClF2NO2/c15-9-3-1-2-4-10-18-13(19)11-5-7-12(8-6-11)20-14(16)17/h5-8,14H,1-4,9-10H2,(H,18,19). The second kappa shape index (κ2) is 9.53. The van der Waals surface area contributed by atoms with Crippen molar-refractivity contribution in [2.45, 2.75) is 32.3 Å². The van der Waals surface area contributed by atoms with E-state index in [1.807, 2.05) is 0 Å². The van der Waals surface area contributed by atoms with E-state index >= 15 is 0 Å². The number of alkyl halides is 3. The molecule has 0 aliphatic heterocycles. The largest absolute Gasteiger partial charge is 0.435 e. The molecular formula is C14H18ClF2NO2. The smallest absolute Gasteiger partial charge is 0.387 e. The maximum Gasteiger partial charge on any atom is 0.387 e. The highest BCUT2D eigenvalue weighted by Crippen LogP contribution is 2.14. The fourth-order valence-corrected chi connectivity index (χ4v) is 1.85. The van der Waals surface area contributed by atoms with Crippen LogP contribution < -0.4 is 10.1 Å². The molecule has 1 amide bonds. The van der Waals surface area contributed by atoms with Gasteiger partial charge in [-0.15, -0.1) is 11.6 Å². The molecule has 0 aliphatic carbocycles. The molecule has 0 atom stereocenters. The lowest BCUT2D eigenvalue weighted by Crippen LogP contribution is -2.24. The fraction of sp³-hybridized carbons (Fsp3) is 0.500. The van der Waals surface area contributed by atoms with Crippen molar-refractivity contribution in [1.29, 1.82) is 0 Å². The number of hydrogen-bond donors (Lipinski definition) is 1. The van der Waals surface area contributed by atoms with Crippen LogP contribution in [0.5, 0.6) is 5.75 Å². The van der Waals surface area contributed by atoms with Gasteiger partial charge in [0, 0.05) is 18.0 Å². The number of benzene rings is 1. The molecule has 0 heterocycles. The summed E-state index contributed by atoms with van der Waals surface area (Å²) in [5.74, 6) is 0.489. The number of amides is 1. The quantitative estimate of drug-likeness (QED) is 0.556. The van der Waals surface area contributed by atoms with Crippen LogP contribution in [0, 0.1) is 0 Å². The predicted octanol–water partition coefficient (Wildman–Crippen LogP) is 3.82. The van der Waals surface area contributed by atoms with Crippen molar-refractivity contribution in [3.05, 3.63) is 29.8 Å². The summed E-state index contributed by atoms with van der Waals surface area (Å²) < 4.78 is 28.1.